The number of aromatic carboxylic acids is 1. The lowest BCUT2D eigenvalue weighted by atomic mass is 9.94. The highest BCUT2D eigenvalue weighted by molar-refractivity contribution is 7.07. The Balaban J connectivity index is 1.63. The molecule has 210 valence electrons. The average molecular weight is 590 g/mol. The molecule has 1 N–H and O–H groups in total. The second-order valence-electron chi connectivity index (χ2n) is 9.65. The Morgan fingerprint density at radius 2 is 1.80 bits per heavy atom. The van der Waals surface area contributed by atoms with E-state index in [0.29, 0.717) is 55.8 Å². The molecule has 4 aromatic rings. The predicted octanol–water partition coefficient (Wildman–Crippen LogP) is 5.02. The molecule has 1 amide bonds. The molecule has 1 aliphatic heterocycles. The van der Waals surface area contributed by atoms with Crippen molar-refractivity contribution in [3.63, 3.8) is 0 Å². The molecule has 3 heterocycles. The molecule has 2 aromatic carbocycles. The number of carboxylic acid groups (broad SMARTS) is 1. The fraction of sp³-hybridized carbons (Fsp3) is 0.226. The maximum Gasteiger partial charge on any atom is 0.335 e. The lowest BCUT2D eigenvalue weighted by molar-refractivity contribution is -0.127. The average Bonchev–Trinajstić information content (AvgIpc) is 3.53. The van der Waals surface area contributed by atoms with Gasteiger partial charge in [0.2, 0.25) is 0 Å². The van der Waals surface area contributed by atoms with E-state index in [1.54, 1.807) is 64.9 Å². The fourth-order valence-corrected chi connectivity index (χ4v) is 6.11. The first-order chi connectivity index (χ1) is 19.6. The summed E-state index contributed by atoms with van der Waals surface area (Å²) in [5.41, 5.74) is 3.13. The minimum absolute atomic E-state index is 0.157. The van der Waals surface area contributed by atoms with E-state index in [2.05, 4.69) is 4.99 Å². The number of halogens is 1. The number of hydrogen-bond donors (Lipinski definition) is 1. The molecular formula is C31H28ClN3O5S. The third-order valence-corrected chi connectivity index (χ3v) is 8.37. The second-order valence-corrected chi connectivity index (χ2v) is 11.1. The summed E-state index contributed by atoms with van der Waals surface area (Å²) in [6.45, 7) is 8.56. The first kappa shape index (κ1) is 28.3. The Morgan fingerprint density at radius 3 is 2.46 bits per heavy atom. The predicted molar refractivity (Wildman–Crippen MR) is 159 cm³/mol. The van der Waals surface area contributed by atoms with Crippen molar-refractivity contribution in [2.75, 3.05) is 13.1 Å². The molecule has 0 fully saturated rings. The van der Waals surface area contributed by atoms with Crippen LogP contribution in [0, 0.1) is 6.92 Å². The van der Waals surface area contributed by atoms with Crippen LogP contribution in [0.4, 0.5) is 0 Å². The summed E-state index contributed by atoms with van der Waals surface area (Å²) in [4.78, 5) is 45.9. The number of hydrogen-bond acceptors (Lipinski definition) is 6. The quantitative estimate of drug-likeness (QED) is 0.326. The zero-order valence-corrected chi connectivity index (χ0v) is 24.5. The highest BCUT2D eigenvalue weighted by Crippen LogP contribution is 2.32. The van der Waals surface area contributed by atoms with Crippen molar-refractivity contribution in [1.82, 2.24) is 9.47 Å². The number of furan rings is 1. The molecule has 41 heavy (non-hydrogen) atoms. The minimum atomic E-state index is -1.02. The van der Waals surface area contributed by atoms with Crippen LogP contribution in [0.15, 0.2) is 80.1 Å². The topological polar surface area (TPSA) is 105 Å². The molecule has 10 heteroatoms. The van der Waals surface area contributed by atoms with Crippen molar-refractivity contribution in [3.05, 3.63) is 113 Å². The molecule has 0 saturated carbocycles. The van der Waals surface area contributed by atoms with E-state index in [9.17, 15) is 19.5 Å². The number of aromatic nitrogens is 1. The molecule has 0 spiro atoms. The van der Waals surface area contributed by atoms with E-state index in [1.165, 1.54) is 11.3 Å². The van der Waals surface area contributed by atoms with Crippen molar-refractivity contribution in [2.45, 2.75) is 33.7 Å². The molecule has 8 nitrogen and oxygen atoms in total. The van der Waals surface area contributed by atoms with Crippen LogP contribution in [0.5, 0.6) is 0 Å². The zero-order chi connectivity index (χ0) is 29.4. The Labute approximate surface area is 245 Å². The number of carbonyl (C=O) groups is 2. The van der Waals surface area contributed by atoms with Crippen LogP contribution in [-0.2, 0) is 4.79 Å². The van der Waals surface area contributed by atoms with E-state index in [1.807, 2.05) is 32.9 Å². The highest BCUT2D eigenvalue weighted by atomic mass is 35.5. The number of amides is 1. The lowest BCUT2D eigenvalue weighted by Crippen LogP contribution is -2.43. The highest BCUT2D eigenvalue weighted by Gasteiger charge is 2.34. The van der Waals surface area contributed by atoms with Crippen molar-refractivity contribution < 1.29 is 19.1 Å². The van der Waals surface area contributed by atoms with Gasteiger partial charge in [-0.2, -0.15) is 0 Å². The molecule has 0 saturated heterocycles. The Bertz CT molecular complexity index is 1880. The van der Waals surface area contributed by atoms with Gasteiger partial charge >= 0.3 is 5.97 Å². The number of allylic oxidation sites excluding steroid dienone is 1. The number of thiazole rings is 1. The van der Waals surface area contributed by atoms with E-state index in [4.69, 9.17) is 16.0 Å². The van der Waals surface area contributed by atoms with Crippen molar-refractivity contribution in [1.29, 1.82) is 0 Å². The number of rotatable bonds is 7. The fourth-order valence-electron chi connectivity index (χ4n) is 4.96. The van der Waals surface area contributed by atoms with Crippen molar-refractivity contribution in [2.24, 2.45) is 4.99 Å². The molecule has 1 aliphatic rings. The number of carbonyl (C=O) groups excluding carboxylic acids is 1. The largest absolute Gasteiger partial charge is 0.478 e. The number of fused-ring (bicyclic) bond motifs is 1. The van der Waals surface area contributed by atoms with E-state index in [0.717, 1.165) is 11.1 Å². The summed E-state index contributed by atoms with van der Waals surface area (Å²) in [5, 5.41) is 9.94. The number of aryl methyl sites for hydroxylation is 1. The van der Waals surface area contributed by atoms with E-state index in [-0.39, 0.29) is 17.0 Å². The first-order valence-corrected chi connectivity index (χ1v) is 14.3. The molecule has 1 atom stereocenters. The molecule has 0 bridgehead atoms. The smallest absolute Gasteiger partial charge is 0.335 e. The van der Waals surface area contributed by atoms with Gasteiger partial charge < -0.3 is 14.4 Å². The maximum absolute atomic E-state index is 13.9. The first-order valence-electron chi connectivity index (χ1n) is 13.1. The summed E-state index contributed by atoms with van der Waals surface area (Å²) in [6, 6.07) is 14.8. The van der Waals surface area contributed by atoms with Crippen LogP contribution >= 0.6 is 22.9 Å². The van der Waals surface area contributed by atoms with E-state index < -0.39 is 12.0 Å². The third-order valence-electron chi connectivity index (χ3n) is 7.14. The van der Waals surface area contributed by atoms with Gasteiger partial charge in [0, 0.05) is 29.8 Å². The third kappa shape index (κ3) is 5.30. The Kier molecular flexibility index (Phi) is 7.84. The zero-order valence-electron chi connectivity index (χ0n) is 23.0. The van der Waals surface area contributed by atoms with Gasteiger partial charge in [0.15, 0.2) is 4.80 Å². The number of benzene rings is 2. The Hall–Kier alpha value is -4.21. The molecule has 0 aliphatic carbocycles. The van der Waals surface area contributed by atoms with Crippen LogP contribution in [0.3, 0.4) is 0 Å². The Morgan fingerprint density at radius 1 is 1.10 bits per heavy atom. The van der Waals surface area contributed by atoms with Gasteiger partial charge in [-0.25, -0.2) is 9.79 Å². The van der Waals surface area contributed by atoms with Gasteiger partial charge in [-0.15, -0.1) is 0 Å². The van der Waals surface area contributed by atoms with Crippen molar-refractivity contribution in [3.8, 4) is 11.3 Å². The second kappa shape index (κ2) is 11.3. The van der Waals surface area contributed by atoms with Gasteiger partial charge in [0.25, 0.3) is 11.5 Å². The molecular weight excluding hydrogens is 562 g/mol. The molecule has 5 rings (SSSR count). The van der Waals surface area contributed by atoms with Crippen molar-refractivity contribution >= 4 is 40.9 Å². The summed E-state index contributed by atoms with van der Waals surface area (Å²) < 4.78 is 7.99. The number of likely N-dealkylation sites (N-methyl/N-ethyl adjacent to an activating group) is 1. The van der Waals surface area contributed by atoms with Crippen LogP contribution in [-0.4, -0.2) is 39.5 Å². The van der Waals surface area contributed by atoms with Crippen LogP contribution in [0.2, 0.25) is 5.02 Å². The minimum Gasteiger partial charge on any atom is -0.478 e. The summed E-state index contributed by atoms with van der Waals surface area (Å²) in [7, 11) is 0. The lowest BCUT2D eigenvalue weighted by Gasteiger charge is -2.29. The normalized spacial score (nSPS) is 15.0. The van der Waals surface area contributed by atoms with E-state index >= 15 is 0 Å². The SMILES string of the molecule is CCN(CC)C(=O)C1=C(C)N=c2s/c(=C/c3ccc(-c4cc(C(=O)O)ccc4C)o3)c(=O)n2[C@H]1c1ccc(Cl)cc1. The number of nitrogens with zero attached hydrogens (tertiary/aromatic N) is 3. The van der Waals surface area contributed by atoms with Gasteiger partial charge in [0.1, 0.15) is 11.5 Å². The number of carboxylic acids is 1. The molecule has 0 radical (unpaired) electrons. The van der Waals surface area contributed by atoms with Gasteiger partial charge in [-0.1, -0.05) is 41.1 Å². The maximum atomic E-state index is 13.9. The monoisotopic (exact) mass is 589 g/mol. The van der Waals surface area contributed by atoms with Gasteiger partial charge in [0.05, 0.1) is 27.4 Å². The standard InChI is InChI=1S/C31H28ClN3O5S/c1-5-34(6-2)29(37)26-18(4)33-31-35(27(26)19-9-11-21(32)12-10-19)28(36)25(41-31)16-22-13-14-24(40-22)23-15-20(30(38)39)8-7-17(23)3/h7-16,27H,5-6H2,1-4H3,(H,38,39)/b25-16+/t27-/m0/s1. The summed E-state index contributed by atoms with van der Waals surface area (Å²) in [5.74, 6) is -0.265. The molecule has 2 aromatic heterocycles. The van der Waals surface area contributed by atoms with Crippen LogP contribution in [0.1, 0.15) is 54.1 Å². The van der Waals surface area contributed by atoms with Crippen LogP contribution < -0.4 is 14.9 Å². The van der Waals surface area contributed by atoms with Gasteiger partial charge in [-0.3, -0.25) is 14.2 Å². The summed E-state index contributed by atoms with van der Waals surface area (Å²) in [6.07, 6.45) is 1.65. The van der Waals surface area contributed by atoms with Crippen LogP contribution in [0.25, 0.3) is 17.4 Å². The van der Waals surface area contributed by atoms with Gasteiger partial charge in [-0.05, 0) is 75.2 Å². The summed E-state index contributed by atoms with van der Waals surface area (Å²) >= 11 is 7.38. The molecule has 0 unspecified atom stereocenters.